The van der Waals surface area contributed by atoms with Crippen LogP contribution in [0.5, 0.6) is 0 Å². The van der Waals surface area contributed by atoms with Gasteiger partial charge in [-0.25, -0.2) is 4.79 Å². The molecule has 0 fully saturated rings. The maximum Gasteiger partial charge on any atom is 0.328 e. The van der Waals surface area contributed by atoms with Crippen LogP contribution in [0.1, 0.15) is 194 Å². The molecule has 0 bridgehead atoms. The number of carbonyl (C=O) groups is 4. The number of unbranched alkanes of at least 4 members (excludes halogenated alkanes) is 21. The summed E-state index contributed by atoms with van der Waals surface area (Å²) in [5.74, 6) is -2.33. The zero-order valence-corrected chi connectivity index (χ0v) is 30.3. The summed E-state index contributed by atoms with van der Waals surface area (Å²) < 4.78 is 5.91. The van der Waals surface area contributed by atoms with Crippen LogP contribution >= 0.6 is 0 Å². The fraction of sp³-hybridized carbons (Fsp3) is 0.895. The Kier molecular flexibility index (Phi) is 32.2. The standard InChI is InChI=1S/C38H72N2O7/c1-3-5-7-9-10-11-12-13-14-15-16-17-18-19-20-26-30-37(44)47-33(27-23-8-6-4-2)28-24-21-22-25-29-35(42)39-31-36(43)40-34(32-41)38(45)46/h33-34,41H,3-32H2,1-2H3,(H,39,42)(H,40,43)(H,45,46). The smallest absolute Gasteiger partial charge is 0.328 e. The minimum absolute atomic E-state index is 0.0317. The van der Waals surface area contributed by atoms with Crippen LogP contribution in [0.2, 0.25) is 0 Å². The van der Waals surface area contributed by atoms with Crippen LogP contribution in [-0.2, 0) is 23.9 Å². The average molecular weight is 669 g/mol. The molecule has 47 heavy (non-hydrogen) atoms. The molecule has 2 unspecified atom stereocenters. The van der Waals surface area contributed by atoms with Crippen molar-refractivity contribution < 1.29 is 34.1 Å². The fourth-order valence-corrected chi connectivity index (χ4v) is 5.83. The van der Waals surface area contributed by atoms with E-state index in [4.69, 9.17) is 14.9 Å². The van der Waals surface area contributed by atoms with Gasteiger partial charge in [-0.05, 0) is 38.5 Å². The number of hydrogen-bond acceptors (Lipinski definition) is 6. The maximum absolute atomic E-state index is 12.6. The molecule has 0 aromatic heterocycles. The quantitative estimate of drug-likeness (QED) is 0.0392. The van der Waals surface area contributed by atoms with Crippen LogP contribution in [0.25, 0.3) is 0 Å². The average Bonchev–Trinajstić information content (AvgIpc) is 3.05. The number of carboxylic acids is 1. The summed E-state index contributed by atoms with van der Waals surface area (Å²) in [7, 11) is 0. The molecule has 9 nitrogen and oxygen atoms in total. The number of ether oxygens (including phenoxy) is 1. The first-order valence-corrected chi connectivity index (χ1v) is 19.4. The van der Waals surface area contributed by atoms with Crippen molar-refractivity contribution in [2.24, 2.45) is 0 Å². The van der Waals surface area contributed by atoms with E-state index in [1.807, 2.05) is 0 Å². The second kappa shape index (κ2) is 33.7. The van der Waals surface area contributed by atoms with Gasteiger partial charge in [-0.15, -0.1) is 0 Å². The highest BCUT2D eigenvalue weighted by Gasteiger charge is 2.19. The Morgan fingerprint density at radius 3 is 1.40 bits per heavy atom. The van der Waals surface area contributed by atoms with Crippen molar-refractivity contribution in [1.29, 1.82) is 0 Å². The van der Waals surface area contributed by atoms with Gasteiger partial charge in [0.15, 0.2) is 0 Å². The number of carboxylic acid groups (broad SMARTS) is 1. The molecule has 0 aliphatic heterocycles. The first kappa shape index (κ1) is 44.8. The van der Waals surface area contributed by atoms with Crippen molar-refractivity contribution in [3.05, 3.63) is 0 Å². The Morgan fingerprint density at radius 2 is 0.957 bits per heavy atom. The van der Waals surface area contributed by atoms with Crippen molar-refractivity contribution in [2.75, 3.05) is 13.2 Å². The van der Waals surface area contributed by atoms with E-state index in [1.165, 1.54) is 103 Å². The van der Waals surface area contributed by atoms with Gasteiger partial charge in [0.2, 0.25) is 11.8 Å². The largest absolute Gasteiger partial charge is 0.480 e. The predicted molar refractivity (Wildman–Crippen MR) is 190 cm³/mol. The van der Waals surface area contributed by atoms with Crippen LogP contribution in [0, 0.1) is 0 Å². The molecule has 0 spiro atoms. The van der Waals surface area contributed by atoms with Crippen LogP contribution < -0.4 is 10.6 Å². The highest BCUT2D eigenvalue weighted by Crippen LogP contribution is 2.18. The number of hydrogen-bond donors (Lipinski definition) is 4. The molecule has 0 rings (SSSR count). The highest BCUT2D eigenvalue weighted by atomic mass is 16.5. The lowest BCUT2D eigenvalue weighted by molar-refractivity contribution is -0.150. The number of aliphatic carboxylic acids is 1. The second-order valence-corrected chi connectivity index (χ2v) is 13.4. The molecular formula is C38H72N2O7. The van der Waals surface area contributed by atoms with Gasteiger partial charge < -0.3 is 25.6 Å². The summed E-state index contributed by atoms with van der Waals surface area (Å²) >= 11 is 0. The molecule has 0 radical (unpaired) electrons. The summed E-state index contributed by atoms with van der Waals surface area (Å²) in [4.78, 5) is 47.2. The van der Waals surface area contributed by atoms with Crippen molar-refractivity contribution in [3.8, 4) is 0 Å². The number of carbonyl (C=O) groups excluding carboxylic acids is 3. The lowest BCUT2D eigenvalue weighted by Crippen LogP contribution is -2.47. The molecule has 0 saturated heterocycles. The minimum Gasteiger partial charge on any atom is -0.480 e. The molecule has 0 aromatic carbocycles. The van der Waals surface area contributed by atoms with Gasteiger partial charge >= 0.3 is 11.9 Å². The van der Waals surface area contributed by atoms with Gasteiger partial charge in [-0.1, -0.05) is 142 Å². The van der Waals surface area contributed by atoms with E-state index >= 15 is 0 Å². The summed E-state index contributed by atoms with van der Waals surface area (Å²) in [6, 6.07) is -1.38. The third-order valence-corrected chi connectivity index (χ3v) is 8.85. The monoisotopic (exact) mass is 669 g/mol. The summed E-state index contributed by atoms with van der Waals surface area (Å²) in [5.41, 5.74) is 0. The molecule has 0 aliphatic rings. The van der Waals surface area contributed by atoms with E-state index < -0.39 is 24.5 Å². The van der Waals surface area contributed by atoms with Gasteiger partial charge in [-0.2, -0.15) is 0 Å². The molecular weight excluding hydrogens is 596 g/mol. The third kappa shape index (κ3) is 30.9. The molecule has 2 atom stereocenters. The zero-order valence-electron chi connectivity index (χ0n) is 30.3. The molecule has 0 aromatic rings. The lowest BCUT2D eigenvalue weighted by Gasteiger charge is -2.18. The third-order valence-electron chi connectivity index (χ3n) is 8.85. The topological polar surface area (TPSA) is 142 Å². The Morgan fingerprint density at radius 1 is 0.553 bits per heavy atom. The van der Waals surface area contributed by atoms with E-state index in [1.54, 1.807) is 0 Å². The highest BCUT2D eigenvalue weighted by molar-refractivity contribution is 5.87. The van der Waals surface area contributed by atoms with Crippen LogP contribution in [0.3, 0.4) is 0 Å². The van der Waals surface area contributed by atoms with Crippen LogP contribution in [0.4, 0.5) is 0 Å². The second-order valence-electron chi connectivity index (χ2n) is 13.4. The van der Waals surface area contributed by atoms with Crippen molar-refractivity contribution in [3.63, 3.8) is 0 Å². The van der Waals surface area contributed by atoms with Gasteiger partial charge in [-0.3, -0.25) is 14.4 Å². The van der Waals surface area contributed by atoms with Gasteiger partial charge in [0.05, 0.1) is 13.2 Å². The molecule has 0 saturated carbocycles. The summed E-state index contributed by atoms with van der Waals surface area (Å²) in [6.07, 6.45) is 31.6. The Labute approximate surface area is 287 Å². The SMILES string of the molecule is CCCCCCCCCCCCCCCCCCC(=O)OC(CCCCCC)CCCCCCC(=O)NCC(=O)NC(CO)C(=O)O. The van der Waals surface area contributed by atoms with Gasteiger partial charge in [0.25, 0.3) is 0 Å². The van der Waals surface area contributed by atoms with E-state index in [2.05, 4.69) is 24.5 Å². The summed E-state index contributed by atoms with van der Waals surface area (Å²) in [5, 5.41) is 22.4. The van der Waals surface area contributed by atoms with E-state index in [0.717, 1.165) is 57.8 Å². The Balaban J connectivity index is 3.97. The lowest BCUT2D eigenvalue weighted by atomic mass is 10.0. The Hall–Kier alpha value is -2.16. The van der Waals surface area contributed by atoms with Crippen LogP contribution in [0.15, 0.2) is 0 Å². The van der Waals surface area contributed by atoms with Gasteiger partial charge in [0.1, 0.15) is 12.1 Å². The van der Waals surface area contributed by atoms with E-state index in [0.29, 0.717) is 12.8 Å². The summed E-state index contributed by atoms with van der Waals surface area (Å²) in [6.45, 7) is 3.42. The van der Waals surface area contributed by atoms with Crippen molar-refractivity contribution in [2.45, 2.75) is 206 Å². The molecule has 4 N–H and O–H groups in total. The van der Waals surface area contributed by atoms with E-state index in [9.17, 15) is 19.2 Å². The molecule has 276 valence electrons. The number of nitrogens with one attached hydrogen (secondary N) is 2. The number of aliphatic hydroxyl groups excluding tert-OH is 1. The number of esters is 1. The first-order chi connectivity index (χ1) is 22.8. The molecule has 2 amide bonds. The number of aliphatic hydroxyl groups is 1. The number of amides is 2. The van der Waals surface area contributed by atoms with Crippen molar-refractivity contribution >= 4 is 23.8 Å². The van der Waals surface area contributed by atoms with Crippen LogP contribution in [-0.4, -0.2) is 59.3 Å². The normalized spacial score (nSPS) is 12.4. The molecule has 0 heterocycles. The maximum atomic E-state index is 12.6. The number of rotatable bonds is 35. The van der Waals surface area contributed by atoms with Crippen molar-refractivity contribution in [1.82, 2.24) is 10.6 Å². The predicted octanol–water partition coefficient (Wildman–Crippen LogP) is 8.54. The first-order valence-electron chi connectivity index (χ1n) is 19.4. The van der Waals surface area contributed by atoms with Gasteiger partial charge in [0, 0.05) is 12.8 Å². The zero-order chi connectivity index (χ0) is 34.8. The minimum atomic E-state index is -1.38. The Bertz CT molecular complexity index is 777. The fourth-order valence-electron chi connectivity index (χ4n) is 5.83. The molecule has 9 heteroatoms. The van der Waals surface area contributed by atoms with E-state index in [-0.39, 0.29) is 30.9 Å². The molecule has 0 aliphatic carbocycles.